The fraction of sp³-hybridized carbons (Fsp3) is 0.200. The standard InChI is InChI=1S/C15H14ClFN6O/c1-2-23-13(12(16)7-19-23)14(24)20-15-18-9-22(21-15)8-10-4-3-5-11(17)6-10/h3-7,9H,2,8H2,1H3,(H,20,21,24). The van der Waals surface area contributed by atoms with E-state index in [0.717, 1.165) is 5.56 Å². The van der Waals surface area contributed by atoms with Crippen molar-refractivity contribution in [3.8, 4) is 0 Å². The zero-order valence-corrected chi connectivity index (χ0v) is 13.5. The number of carbonyl (C=O) groups is 1. The Bertz CT molecular complexity index is 874. The highest BCUT2D eigenvalue weighted by Crippen LogP contribution is 2.16. The third-order valence-corrected chi connectivity index (χ3v) is 3.58. The number of aryl methyl sites for hydroxylation is 1. The minimum Gasteiger partial charge on any atom is -0.288 e. The maximum atomic E-state index is 13.2. The first-order chi connectivity index (χ1) is 11.6. The van der Waals surface area contributed by atoms with Crippen LogP contribution < -0.4 is 5.32 Å². The molecule has 0 unspecified atom stereocenters. The number of nitrogens with one attached hydrogen (secondary N) is 1. The van der Waals surface area contributed by atoms with Crippen molar-refractivity contribution in [2.45, 2.75) is 20.0 Å². The molecule has 7 nitrogen and oxygen atoms in total. The van der Waals surface area contributed by atoms with Gasteiger partial charge in [-0.2, -0.15) is 5.10 Å². The molecule has 24 heavy (non-hydrogen) atoms. The number of anilines is 1. The van der Waals surface area contributed by atoms with E-state index in [-0.39, 0.29) is 22.5 Å². The van der Waals surface area contributed by atoms with Crippen molar-refractivity contribution in [2.75, 3.05) is 5.32 Å². The third kappa shape index (κ3) is 3.43. The van der Waals surface area contributed by atoms with E-state index in [1.54, 1.807) is 12.1 Å². The van der Waals surface area contributed by atoms with Crippen molar-refractivity contribution in [1.82, 2.24) is 24.5 Å². The van der Waals surface area contributed by atoms with Crippen LogP contribution in [0.2, 0.25) is 5.02 Å². The summed E-state index contributed by atoms with van der Waals surface area (Å²) in [6.45, 7) is 2.71. The van der Waals surface area contributed by atoms with Gasteiger partial charge in [0.25, 0.3) is 5.91 Å². The second-order valence-corrected chi connectivity index (χ2v) is 5.41. The molecule has 2 heterocycles. The van der Waals surface area contributed by atoms with Gasteiger partial charge in [0.15, 0.2) is 0 Å². The summed E-state index contributed by atoms with van der Waals surface area (Å²) in [4.78, 5) is 16.3. The molecule has 0 atom stereocenters. The van der Waals surface area contributed by atoms with Crippen molar-refractivity contribution in [2.24, 2.45) is 0 Å². The molecule has 1 aromatic carbocycles. The Kier molecular flexibility index (Phi) is 4.57. The van der Waals surface area contributed by atoms with E-state index in [0.29, 0.717) is 13.1 Å². The summed E-state index contributed by atoms with van der Waals surface area (Å²) in [5.41, 5.74) is 0.991. The number of rotatable bonds is 5. The highest BCUT2D eigenvalue weighted by molar-refractivity contribution is 6.34. The molecule has 1 N–H and O–H groups in total. The van der Waals surface area contributed by atoms with Gasteiger partial charge in [-0.25, -0.2) is 14.1 Å². The molecule has 0 aliphatic carbocycles. The first-order valence-corrected chi connectivity index (χ1v) is 7.61. The monoisotopic (exact) mass is 348 g/mol. The smallest absolute Gasteiger partial charge is 0.277 e. The van der Waals surface area contributed by atoms with Gasteiger partial charge in [-0.05, 0) is 24.6 Å². The summed E-state index contributed by atoms with van der Waals surface area (Å²) in [7, 11) is 0. The Hall–Kier alpha value is -2.74. The van der Waals surface area contributed by atoms with Crippen LogP contribution in [0.5, 0.6) is 0 Å². The zero-order valence-electron chi connectivity index (χ0n) is 12.8. The van der Waals surface area contributed by atoms with E-state index in [1.807, 2.05) is 6.92 Å². The van der Waals surface area contributed by atoms with E-state index >= 15 is 0 Å². The van der Waals surface area contributed by atoms with Gasteiger partial charge in [0.1, 0.15) is 17.8 Å². The summed E-state index contributed by atoms with van der Waals surface area (Å²) in [6.07, 6.45) is 2.87. The average Bonchev–Trinajstić information content (AvgIpc) is 3.13. The number of nitrogens with zero attached hydrogens (tertiary/aromatic N) is 5. The van der Waals surface area contributed by atoms with Crippen LogP contribution in [-0.2, 0) is 13.1 Å². The lowest BCUT2D eigenvalue weighted by atomic mass is 10.2. The van der Waals surface area contributed by atoms with E-state index in [4.69, 9.17) is 11.6 Å². The van der Waals surface area contributed by atoms with Gasteiger partial charge in [-0.1, -0.05) is 23.7 Å². The fourth-order valence-corrected chi connectivity index (χ4v) is 2.47. The summed E-state index contributed by atoms with van der Waals surface area (Å²) in [5.74, 6) is -0.622. The average molecular weight is 349 g/mol. The Morgan fingerprint density at radius 2 is 2.25 bits per heavy atom. The number of benzene rings is 1. The highest BCUT2D eigenvalue weighted by atomic mass is 35.5. The molecular formula is C15H14ClFN6O. The van der Waals surface area contributed by atoms with Crippen LogP contribution in [0.1, 0.15) is 23.0 Å². The molecular weight excluding hydrogens is 335 g/mol. The van der Waals surface area contributed by atoms with E-state index in [9.17, 15) is 9.18 Å². The minimum absolute atomic E-state index is 0.135. The Balaban J connectivity index is 1.72. The van der Waals surface area contributed by atoms with Crippen LogP contribution in [-0.4, -0.2) is 30.5 Å². The molecule has 0 radical (unpaired) electrons. The molecule has 0 aliphatic rings. The second-order valence-electron chi connectivity index (χ2n) is 5.01. The summed E-state index contributed by atoms with van der Waals surface area (Å²) >= 11 is 5.99. The van der Waals surface area contributed by atoms with Crippen molar-refractivity contribution in [3.05, 3.63) is 58.9 Å². The van der Waals surface area contributed by atoms with Crippen molar-refractivity contribution >= 4 is 23.5 Å². The molecule has 9 heteroatoms. The molecule has 0 fully saturated rings. The molecule has 0 bridgehead atoms. The van der Waals surface area contributed by atoms with Crippen molar-refractivity contribution in [1.29, 1.82) is 0 Å². The molecule has 2 aromatic heterocycles. The predicted molar refractivity (Wildman–Crippen MR) is 86.4 cm³/mol. The quantitative estimate of drug-likeness (QED) is 0.768. The Labute approximate surface area is 142 Å². The SMILES string of the molecule is CCn1ncc(Cl)c1C(=O)Nc1ncn(Cc2cccc(F)c2)n1. The van der Waals surface area contributed by atoms with Crippen molar-refractivity contribution < 1.29 is 9.18 Å². The number of hydrogen-bond acceptors (Lipinski definition) is 4. The molecule has 124 valence electrons. The van der Waals surface area contributed by atoms with Crippen LogP contribution in [0, 0.1) is 5.82 Å². The maximum Gasteiger partial charge on any atom is 0.277 e. The minimum atomic E-state index is -0.442. The normalized spacial score (nSPS) is 10.8. The summed E-state index contributed by atoms with van der Waals surface area (Å²) < 4.78 is 16.2. The third-order valence-electron chi connectivity index (χ3n) is 3.30. The lowest BCUT2D eigenvalue weighted by molar-refractivity contribution is 0.101. The number of amides is 1. The van der Waals surface area contributed by atoms with Gasteiger partial charge in [-0.15, -0.1) is 5.10 Å². The molecule has 3 aromatic rings. The van der Waals surface area contributed by atoms with E-state index < -0.39 is 5.91 Å². The second kappa shape index (κ2) is 6.79. The van der Waals surface area contributed by atoms with Gasteiger partial charge in [-0.3, -0.25) is 14.8 Å². The van der Waals surface area contributed by atoms with Crippen molar-refractivity contribution in [3.63, 3.8) is 0 Å². The van der Waals surface area contributed by atoms with Gasteiger partial charge in [0, 0.05) is 6.54 Å². The predicted octanol–water partition coefficient (Wildman–Crippen LogP) is 2.59. The van der Waals surface area contributed by atoms with Gasteiger partial charge in [0.2, 0.25) is 5.95 Å². The molecule has 0 aliphatic heterocycles. The fourth-order valence-electron chi connectivity index (χ4n) is 2.24. The van der Waals surface area contributed by atoms with E-state index in [1.165, 1.54) is 34.0 Å². The first kappa shape index (κ1) is 16.1. The number of hydrogen-bond donors (Lipinski definition) is 1. The summed E-state index contributed by atoms with van der Waals surface area (Å²) in [5, 5.41) is 11.0. The van der Waals surface area contributed by atoms with Crippen LogP contribution in [0.3, 0.4) is 0 Å². The molecule has 3 rings (SSSR count). The van der Waals surface area contributed by atoms with Crippen LogP contribution >= 0.6 is 11.6 Å². The molecule has 1 amide bonds. The van der Waals surface area contributed by atoms with Gasteiger partial charge < -0.3 is 0 Å². The van der Waals surface area contributed by atoms with Crippen LogP contribution in [0.4, 0.5) is 10.3 Å². The van der Waals surface area contributed by atoms with E-state index in [2.05, 4.69) is 20.5 Å². The highest BCUT2D eigenvalue weighted by Gasteiger charge is 2.18. The Morgan fingerprint density at radius 1 is 1.42 bits per heavy atom. The topological polar surface area (TPSA) is 77.6 Å². The number of aromatic nitrogens is 5. The lowest BCUT2D eigenvalue weighted by Gasteiger charge is -2.04. The molecule has 0 spiro atoms. The lowest BCUT2D eigenvalue weighted by Crippen LogP contribution is -2.18. The van der Waals surface area contributed by atoms with Crippen LogP contribution in [0.15, 0.2) is 36.8 Å². The first-order valence-electron chi connectivity index (χ1n) is 7.23. The van der Waals surface area contributed by atoms with Crippen LogP contribution in [0.25, 0.3) is 0 Å². The van der Waals surface area contributed by atoms with Gasteiger partial charge >= 0.3 is 0 Å². The largest absolute Gasteiger partial charge is 0.288 e. The molecule has 0 saturated carbocycles. The van der Waals surface area contributed by atoms with Gasteiger partial charge in [0.05, 0.1) is 17.8 Å². The number of halogens is 2. The number of carbonyl (C=O) groups excluding carboxylic acids is 1. The summed E-state index contributed by atoms with van der Waals surface area (Å²) in [6, 6.07) is 6.19. The molecule has 0 saturated heterocycles. The Morgan fingerprint density at radius 3 is 3.00 bits per heavy atom. The maximum absolute atomic E-state index is 13.2. The zero-order chi connectivity index (χ0) is 17.1.